The van der Waals surface area contributed by atoms with Crippen molar-refractivity contribution in [3.63, 3.8) is 0 Å². The van der Waals surface area contributed by atoms with E-state index in [-0.39, 0.29) is 0 Å². The molecule has 16 heavy (non-hydrogen) atoms. The third kappa shape index (κ3) is 1.39. The van der Waals surface area contributed by atoms with Gasteiger partial charge in [-0.15, -0.1) is 0 Å². The molecule has 84 valence electrons. The lowest BCUT2D eigenvalue weighted by molar-refractivity contribution is 0.0696. The molecule has 3 rings (SSSR count). The largest absolute Gasteiger partial charge is 0.478 e. The van der Waals surface area contributed by atoms with Crippen LogP contribution in [0.1, 0.15) is 29.6 Å². The number of carbonyl (C=O) groups is 1. The first-order chi connectivity index (χ1) is 7.69. The predicted molar refractivity (Wildman–Crippen MR) is 61.9 cm³/mol. The number of carboxylic acid groups (broad SMARTS) is 1. The van der Waals surface area contributed by atoms with E-state index in [4.69, 9.17) is 5.11 Å². The first-order valence-corrected chi connectivity index (χ1v) is 5.77. The maximum Gasteiger partial charge on any atom is 0.335 e. The summed E-state index contributed by atoms with van der Waals surface area (Å²) in [7, 11) is 0. The Morgan fingerprint density at radius 3 is 2.62 bits per heavy atom. The first-order valence-electron chi connectivity index (χ1n) is 5.77. The Kier molecular flexibility index (Phi) is 1.96. The van der Waals surface area contributed by atoms with Crippen LogP contribution in [0.4, 0.5) is 5.69 Å². The highest BCUT2D eigenvalue weighted by Crippen LogP contribution is 2.49. The van der Waals surface area contributed by atoms with Crippen LogP contribution in [0.3, 0.4) is 0 Å². The van der Waals surface area contributed by atoms with E-state index < -0.39 is 5.97 Å². The number of rotatable bonds is 2. The zero-order valence-corrected chi connectivity index (χ0v) is 9.15. The molecule has 1 spiro atoms. The summed E-state index contributed by atoms with van der Waals surface area (Å²) in [6.45, 7) is 2.21. The topological polar surface area (TPSA) is 40.5 Å². The summed E-state index contributed by atoms with van der Waals surface area (Å²) in [5.74, 6) is -0.847. The molecule has 0 atom stereocenters. The van der Waals surface area contributed by atoms with Gasteiger partial charge in [0.2, 0.25) is 0 Å². The van der Waals surface area contributed by atoms with Crippen LogP contribution < -0.4 is 4.90 Å². The van der Waals surface area contributed by atoms with Crippen LogP contribution >= 0.6 is 0 Å². The molecule has 1 heterocycles. The summed E-state index contributed by atoms with van der Waals surface area (Å²) in [5.41, 5.74) is 2.02. The molecule has 1 aromatic carbocycles. The van der Waals surface area contributed by atoms with Crippen LogP contribution in [0.5, 0.6) is 0 Å². The quantitative estimate of drug-likeness (QED) is 0.826. The van der Waals surface area contributed by atoms with Gasteiger partial charge in [0.25, 0.3) is 0 Å². The van der Waals surface area contributed by atoms with Gasteiger partial charge in [0.1, 0.15) is 0 Å². The van der Waals surface area contributed by atoms with Gasteiger partial charge in [-0.05, 0) is 31.0 Å². The Morgan fingerprint density at radius 2 is 2.06 bits per heavy atom. The number of hydrogen-bond donors (Lipinski definition) is 1. The van der Waals surface area contributed by atoms with Gasteiger partial charge in [0, 0.05) is 24.2 Å². The Bertz CT molecular complexity index is 429. The van der Waals surface area contributed by atoms with Gasteiger partial charge in [-0.3, -0.25) is 0 Å². The third-order valence-corrected chi connectivity index (χ3v) is 3.93. The number of nitrogens with zero attached hydrogens (tertiary/aromatic N) is 1. The molecule has 0 radical (unpaired) electrons. The van der Waals surface area contributed by atoms with E-state index in [0.717, 1.165) is 18.8 Å². The van der Waals surface area contributed by atoms with Crippen molar-refractivity contribution in [2.45, 2.75) is 19.3 Å². The zero-order valence-electron chi connectivity index (χ0n) is 9.15. The Hall–Kier alpha value is -1.51. The van der Waals surface area contributed by atoms with Gasteiger partial charge in [0.15, 0.2) is 0 Å². The summed E-state index contributed by atoms with van der Waals surface area (Å²) < 4.78 is 0. The second-order valence-corrected chi connectivity index (χ2v) is 5.07. The monoisotopic (exact) mass is 217 g/mol. The van der Waals surface area contributed by atoms with Gasteiger partial charge in [-0.1, -0.05) is 12.5 Å². The fourth-order valence-corrected chi connectivity index (χ4v) is 2.77. The van der Waals surface area contributed by atoms with Crippen LogP contribution in [-0.4, -0.2) is 24.2 Å². The minimum atomic E-state index is -0.847. The van der Waals surface area contributed by atoms with Crippen molar-refractivity contribution in [2.75, 3.05) is 18.0 Å². The van der Waals surface area contributed by atoms with Gasteiger partial charge >= 0.3 is 5.97 Å². The van der Waals surface area contributed by atoms with Crippen molar-refractivity contribution in [2.24, 2.45) is 5.41 Å². The first kappa shape index (κ1) is 9.70. The molecule has 1 aliphatic heterocycles. The summed E-state index contributed by atoms with van der Waals surface area (Å²) in [6.07, 6.45) is 4.06. The molecule has 0 amide bonds. The maximum atomic E-state index is 10.9. The number of hydrogen-bond acceptors (Lipinski definition) is 2. The second-order valence-electron chi connectivity index (χ2n) is 5.07. The number of benzene rings is 1. The van der Waals surface area contributed by atoms with E-state index in [1.807, 2.05) is 12.1 Å². The third-order valence-electron chi connectivity index (χ3n) is 3.93. The lowest BCUT2D eigenvalue weighted by Gasteiger charge is -2.57. The SMILES string of the molecule is O=C(O)c1cccc(N2CC3(CCC3)C2)c1. The van der Waals surface area contributed by atoms with Gasteiger partial charge in [-0.2, -0.15) is 0 Å². The minimum absolute atomic E-state index is 0.382. The maximum absolute atomic E-state index is 10.9. The highest BCUT2D eigenvalue weighted by atomic mass is 16.4. The molecule has 1 saturated carbocycles. The van der Waals surface area contributed by atoms with Crippen molar-refractivity contribution in [1.82, 2.24) is 0 Å². The van der Waals surface area contributed by atoms with Crippen molar-refractivity contribution in [3.05, 3.63) is 29.8 Å². The van der Waals surface area contributed by atoms with Crippen molar-refractivity contribution in [1.29, 1.82) is 0 Å². The number of carboxylic acids is 1. The highest BCUT2D eigenvalue weighted by molar-refractivity contribution is 5.88. The molecule has 1 saturated heterocycles. The van der Waals surface area contributed by atoms with E-state index in [9.17, 15) is 4.79 Å². The molecular formula is C13H15NO2. The molecule has 0 aromatic heterocycles. The normalized spacial score (nSPS) is 21.4. The van der Waals surface area contributed by atoms with Crippen molar-refractivity contribution in [3.8, 4) is 0 Å². The standard InChI is InChI=1S/C13H15NO2/c15-12(16)10-3-1-4-11(7-10)14-8-13(9-14)5-2-6-13/h1,3-4,7H,2,5-6,8-9H2,(H,15,16). The molecule has 1 aromatic rings. The lowest BCUT2D eigenvalue weighted by Crippen LogP contribution is -2.59. The Morgan fingerprint density at radius 1 is 1.31 bits per heavy atom. The van der Waals surface area contributed by atoms with Crippen molar-refractivity contribution >= 4 is 11.7 Å². The summed E-state index contributed by atoms with van der Waals surface area (Å²) >= 11 is 0. The van der Waals surface area contributed by atoms with Crippen LogP contribution in [0.25, 0.3) is 0 Å². The molecule has 2 aliphatic rings. The molecule has 3 heteroatoms. The summed E-state index contributed by atoms with van der Waals surface area (Å²) in [6, 6.07) is 7.24. The number of aromatic carboxylic acids is 1. The Labute approximate surface area is 94.7 Å². The average molecular weight is 217 g/mol. The summed E-state index contributed by atoms with van der Waals surface area (Å²) in [4.78, 5) is 13.1. The molecule has 3 nitrogen and oxygen atoms in total. The van der Waals surface area contributed by atoms with Crippen molar-refractivity contribution < 1.29 is 9.90 Å². The van der Waals surface area contributed by atoms with Gasteiger partial charge < -0.3 is 10.0 Å². The van der Waals surface area contributed by atoms with E-state index in [1.54, 1.807) is 12.1 Å². The van der Waals surface area contributed by atoms with E-state index in [1.165, 1.54) is 19.3 Å². The van der Waals surface area contributed by atoms with Gasteiger partial charge in [0.05, 0.1) is 5.56 Å². The molecular weight excluding hydrogens is 202 g/mol. The zero-order chi connectivity index (χ0) is 11.2. The molecule has 0 bridgehead atoms. The van der Waals surface area contributed by atoms with Crippen LogP contribution in [0, 0.1) is 5.41 Å². The molecule has 1 aliphatic carbocycles. The smallest absolute Gasteiger partial charge is 0.335 e. The number of anilines is 1. The Balaban J connectivity index is 1.75. The van der Waals surface area contributed by atoms with Crippen LogP contribution in [-0.2, 0) is 0 Å². The van der Waals surface area contributed by atoms with E-state index in [2.05, 4.69) is 4.90 Å². The van der Waals surface area contributed by atoms with E-state index in [0.29, 0.717) is 11.0 Å². The minimum Gasteiger partial charge on any atom is -0.478 e. The highest BCUT2D eigenvalue weighted by Gasteiger charge is 2.47. The molecule has 0 unspecified atom stereocenters. The average Bonchev–Trinajstić information content (AvgIpc) is 2.14. The molecule has 1 N–H and O–H groups in total. The van der Waals surface area contributed by atoms with Crippen LogP contribution in [0.15, 0.2) is 24.3 Å². The fourth-order valence-electron chi connectivity index (χ4n) is 2.77. The van der Waals surface area contributed by atoms with Crippen LogP contribution in [0.2, 0.25) is 0 Å². The van der Waals surface area contributed by atoms with Gasteiger partial charge in [-0.25, -0.2) is 4.79 Å². The fraction of sp³-hybridized carbons (Fsp3) is 0.462. The van der Waals surface area contributed by atoms with E-state index >= 15 is 0 Å². The lowest BCUT2D eigenvalue weighted by atomic mass is 9.63. The molecule has 2 fully saturated rings. The predicted octanol–water partition coefficient (Wildman–Crippen LogP) is 2.38. The second kappa shape index (κ2) is 3.24. The summed E-state index contributed by atoms with van der Waals surface area (Å²) in [5, 5.41) is 8.92.